The minimum absolute atomic E-state index is 0.0823. The van der Waals surface area contributed by atoms with E-state index < -0.39 is 5.97 Å². The number of nitrogens with zero attached hydrogens (tertiary/aromatic N) is 3. The monoisotopic (exact) mass is 260 g/mol. The van der Waals surface area contributed by atoms with Crippen LogP contribution in [-0.4, -0.2) is 39.0 Å². The van der Waals surface area contributed by atoms with E-state index in [0.717, 1.165) is 0 Å². The van der Waals surface area contributed by atoms with Gasteiger partial charge in [0.15, 0.2) is 5.69 Å². The molecule has 0 fully saturated rings. The number of benzene rings is 1. The van der Waals surface area contributed by atoms with Crippen LogP contribution in [0.1, 0.15) is 10.5 Å². The van der Waals surface area contributed by atoms with Crippen molar-refractivity contribution in [3.8, 4) is 11.3 Å². The first-order chi connectivity index (χ1) is 9.13. The lowest BCUT2D eigenvalue weighted by molar-refractivity contribution is -0.121. The summed E-state index contributed by atoms with van der Waals surface area (Å²) in [6, 6.07) is 8.85. The van der Waals surface area contributed by atoms with Gasteiger partial charge < -0.3 is 10.4 Å². The van der Waals surface area contributed by atoms with Gasteiger partial charge in [-0.05, 0) is 0 Å². The van der Waals surface area contributed by atoms with E-state index in [2.05, 4.69) is 15.6 Å². The van der Waals surface area contributed by atoms with Gasteiger partial charge in [-0.25, -0.2) is 9.48 Å². The fraction of sp³-hybridized carbons (Fsp3) is 0.167. The Kier molecular flexibility index (Phi) is 3.56. The van der Waals surface area contributed by atoms with Crippen LogP contribution in [0.4, 0.5) is 0 Å². The number of carbonyl (C=O) groups is 2. The summed E-state index contributed by atoms with van der Waals surface area (Å²) in [7, 11) is 1.50. The molecule has 0 bridgehead atoms. The topological polar surface area (TPSA) is 97.1 Å². The molecule has 2 N–H and O–H groups in total. The van der Waals surface area contributed by atoms with Crippen molar-refractivity contribution in [2.75, 3.05) is 7.05 Å². The van der Waals surface area contributed by atoms with Crippen molar-refractivity contribution in [3.05, 3.63) is 36.0 Å². The van der Waals surface area contributed by atoms with Crippen molar-refractivity contribution in [2.24, 2.45) is 0 Å². The fourth-order valence-electron chi connectivity index (χ4n) is 1.66. The Morgan fingerprint density at radius 1 is 1.32 bits per heavy atom. The molecule has 7 heteroatoms. The number of likely N-dealkylation sites (N-methyl/N-ethyl adjacent to an activating group) is 1. The van der Waals surface area contributed by atoms with Crippen molar-refractivity contribution < 1.29 is 14.7 Å². The summed E-state index contributed by atoms with van der Waals surface area (Å²) in [6.07, 6.45) is 0. The molecule has 19 heavy (non-hydrogen) atoms. The predicted octanol–water partition coefficient (Wildman–Crippen LogP) is 0.389. The molecule has 1 aromatic heterocycles. The molecule has 1 aromatic carbocycles. The average molecular weight is 260 g/mol. The number of hydrogen-bond acceptors (Lipinski definition) is 4. The van der Waals surface area contributed by atoms with Crippen molar-refractivity contribution >= 4 is 11.9 Å². The maximum Gasteiger partial charge on any atom is 0.358 e. The molecule has 0 aliphatic carbocycles. The highest BCUT2D eigenvalue weighted by Gasteiger charge is 2.21. The number of aromatic carboxylic acids is 1. The van der Waals surface area contributed by atoms with E-state index in [1.807, 2.05) is 6.07 Å². The molecule has 2 rings (SSSR count). The molecule has 0 saturated carbocycles. The van der Waals surface area contributed by atoms with Gasteiger partial charge in [0.25, 0.3) is 0 Å². The summed E-state index contributed by atoms with van der Waals surface area (Å²) >= 11 is 0. The standard InChI is InChI=1S/C12H12N4O3/c1-13-9(17)7-16-11(8-5-3-2-4-6-8)10(12(18)19)14-15-16/h2-6H,7H2,1H3,(H,13,17)(H,18,19). The third-order valence-electron chi connectivity index (χ3n) is 2.56. The van der Waals surface area contributed by atoms with Crippen LogP contribution in [0.3, 0.4) is 0 Å². The number of aromatic nitrogens is 3. The number of carboxylic acids is 1. The van der Waals surface area contributed by atoms with Crippen molar-refractivity contribution in [3.63, 3.8) is 0 Å². The van der Waals surface area contributed by atoms with Gasteiger partial charge >= 0.3 is 5.97 Å². The SMILES string of the molecule is CNC(=O)Cn1nnc(C(=O)O)c1-c1ccccc1. The average Bonchev–Trinajstić information content (AvgIpc) is 2.83. The molecular weight excluding hydrogens is 248 g/mol. The third kappa shape index (κ3) is 2.59. The van der Waals surface area contributed by atoms with Gasteiger partial charge in [-0.2, -0.15) is 0 Å². The Bertz CT molecular complexity index is 607. The van der Waals surface area contributed by atoms with Crippen LogP contribution in [0.15, 0.2) is 30.3 Å². The van der Waals surface area contributed by atoms with E-state index in [1.165, 1.54) is 11.7 Å². The molecule has 98 valence electrons. The van der Waals surface area contributed by atoms with Gasteiger partial charge in [0.2, 0.25) is 5.91 Å². The van der Waals surface area contributed by atoms with Crippen molar-refractivity contribution in [1.29, 1.82) is 0 Å². The van der Waals surface area contributed by atoms with E-state index in [0.29, 0.717) is 11.3 Å². The van der Waals surface area contributed by atoms with Crippen LogP contribution in [-0.2, 0) is 11.3 Å². The van der Waals surface area contributed by atoms with Gasteiger partial charge in [-0.15, -0.1) is 5.10 Å². The molecule has 1 amide bonds. The Balaban J connectivity index is 2.51. The second-order valence-electron chi connectivity index (χ2n) is 3.79. The number of hydrogen-bond donors (Lipinski definition) is 2. The van der Waals surface area contributed by atoms with E-state index in [-0.39, 0.29) is 18.1 Å². The number of carbonyl (C=O) groups excluding carboxylic acids is 1. The molecular formula is C12H12N4O3. The molecule has 1 heterocycles. The molecule has 0 aliphatic rings. The first-order valence-electron chi connectivity index (χ1n) is 5.56. The van der Waals surface area contributed by atoms with Crippen LogP contribution >= 0.6 is 0 Å². The predicted molar refractivity (Wildman–Crippen MR) is 66.5 cm³/mol. The molecule has 7 nitrogen and oxygen atoms in total. The summed E-state index contributed by atoms with van der Waals surface area (Å²) in [5, 5.41) is 18.9. The zero-order chi connectivity index (χ0) is 13.8. The highest BCUT2D eigenvalue weighted by atomic mass is 16.4. The van der Waals surface area contributed by atoms with E-state index >= 15 is 0 Å². The molecule has 0 spiro atoms. The van der Waals surface area contributed by atoms with Crippen molar-refractivity contribution in [1.82, 2.24) is 20.3 Å². The van der Waals surface area contributed by atoms with Crippen LogP contribution in [0.2, 0.25) is 0 Å². The zero-order valence-corrected chi connectivity index (χ0v) is 10.2. The maximum atomic E-state index is 11.4. The number of amides is 1. The summed E-state index contributed by atoms with van der Waals surface area (Å²) < 4.78 is 1.28. The third-order valence-corrected chi connectivity index (χ3v) is 2.56. The van der Waals surface area contributed by atoms with Gasteiger partial charge in [-0.3, -0.25) is 4.79 Å². The van der Waals surface area contributed by atoms with Crippen LogP contribution in [0, 0.1) is 0 Å². The van der Waals surface area contributed by atoms with Crippen LogP contribution < -0.4 is 5.32 Å². The fourth-order valence-corrected chi connectivity index (χ4v) is 1.66. The molecule has 2 aromatic rings. The summed E-state index contributed by atoms with van der Waals surface area (Å²) in [4.78, 5) is 22.5. The Hall–Kier alpha value is -2.70. The first-order valence-corrected chi connectivity index (χ1v) is 5.56. The highest BCUT2D eigenvalue weighted by molar-refractivity contribution is 5.93. The summed E-state index contributed by atoms with van der Waals surface area (Å²) in [5.74, 6) is -1.46. The normalized spacial score (nSPS) is 10.2. The molecule has 0 unspecified atom stereocenters. The second-order valence-corrected chi connectivity index (χ2v) is 3.79. The van der Waals surface area contributed by atoms with E-state index in [4.69, 9.17) is 5.11 Å². The zero-order valence-electron chi connectivity index (χ0n) is 10.2. The Labute approximate surface area is 108 Å². The minimum atomic E-state index is -1.18. The summed E-state index contributed by atoms with van der Waals surface area (Å²) in [6.45, 7) is -0.0823. The smallest absolute Gasteiger partial charge is 0.358 e. The second kappa shape index (κ2) is 5.30. The Morgan fingerprint density at radius 2 is 2.00 bits per heavy atom. The molecule has 0 atom stereocenters. The maximum absolute atomic E-state index is 11.4. The van der Waals surface area contributed by atoms with Crippen LogP contribution in [0.5, 0.6) is 0 Å². The highest BCUT2D eigenvalue weighted by Crippen LogP contribution is 2.21. The van der Waals surface area contributed by atoms with Gasteiger partial charge in [0.1, 0.15) is 12.2 Å². The lowest BCUT2D eigenvalue weighted by Crippen LogP contribution is -2.24. The Morgan fingerprint density at radius 3 is 2.58 bits per heavy atom. The first kappa shape index (κ1) is 12.7. The molecule has 0 aliphatic heterocycles. The lowest BCUT2D eigenvalue weighted by atomic mass is 10.1. The largest absolute Gasteiger partial charge is 0.476 e. The van der Waals surface area contributed by atoms with E-state index in [1.54, 1.807) is 24.3 Å². The summed E-state index contributed by atoms with van der Waals surface area (Å²) in [5.41, 5.74) is 0.792. The van der Waals surface area contributed by atoms with Gasteiger partial charge in [0, 0.05) is 12.6 Å². The quantitative estimate of drug-likeness (QED) is 0.828. The van der Waals surface area contributed by atoms with Gasteiger partial charge in [-0.1, -0.05) is 35.5 Å². The van der Waals surface area contributed by atoms with Gasteiger partial charge in [0.05, 0.1) is 0 Å². The van der Waals surface area contributed by atoms with E-state index in [9.17, 15) is 9.59 Å². The molecule has 0 radical (unpaired) electrons. The number of nitrogens with one attached hydrogen (secondary N) is 1. The van der Waals surface area contributed by atoms with Crippen LogP contribution in [0.25, 0.3) is 11.3 Å². The lowest BCUT2D eigenvalue weighted by Gasteiger charge is -2.06. The number of rotatable bonds is 4. The number of carboxylic acid groups (broad SMARTS) is 1. The minimum Gasteiger partial charge on any atom is -0.476 e. The van der Waals surface area contributed by atoms with Crippen molar-refractivity contribution in [2.45, 2.75) is 6.54 Å². The molecule has 0 saturated heterocycles.